The average Bonchev–Trinajstić information content (AvgIpc) is 2.30. The highest BCUT2D eigenvalue weighted by Crippen LogP contribution is 2.41. The maximum atomic E-state index is 10.8. The normalized spacial score (nSPS) is 23.3. The largest absolute Gasteiger partial charge is 0.478 e. The molecule has 0 heterocycles. The lowest BCUT2D eigenvalue weighted by Crippen LogP contribution is -2.19. The van der Waals surface area contributed by atoms with E-state index >= 15 is 0 Å². The molecule has 0 saturated heterocycles. The van der Waals surface area contributed by atoms with Crippen LogP contribution in [0.1, 0.15) is 17.5 Å². The maximum Gasteiger partial charge on any atom is 0.335 e. The first kappa shape index (κ1) is 12.1. The fourth-order valence-corrected chi connectivity index (χ4v) is 2.75. The van der Waals surface area contributed by atoms with Gasteiger partial charge < -0.3 is 5.11 Å². The monoisotopic (exact) mass is 292 g/mol. The number of allylic oxidation sites excluding steroid dienone is 2. The van der Waals surface area contributed by atoms with Crippen molar-refractivity contribution in [2.45, 2.75) is 17.7 Å². The predicted molar refractivity (Wildman–Crippen MR) is 71.3 cm³/mol. The Kier molecular flexibility index (Phi) is 3.20. The van der Waals surface area contributed by atoms with Gasteiger partial charge in [0.25, 0.3) is 0 Å². The van der Waals surface area contributed by atoms with E-state index in [-0.39, 0.29) is 4.32 Å². The fourth-order valence-electron chi connectivity index (χ4n) is 2.01. The summed E-state index contributed by atoms with van der Waals surface area (Å²) in [4.78, 5) is 10.8. The lowest BCUT2D eigenvalue weighted by Gasteiger charge is -2.27. The number of carboxylic acid groups (broad SMARTS) is 1. The lowest BCUT2D eigenvalue weighted by molar-refractivity contribution is -0.132. The minimum atomic E-state index is -0.874. The van der Waals surface area contributed by atoms with Crippen molar-refractivity contribution in [1.82, 2.24) is 0 Å². The molecule has 1 atom stereocenters. The van der Waals surface area contributed by atoms with Crippen LogP contribution in [-0.2, 0) is 9.12 Å². The van der Waals surface area contributed by atoms with E-state index < -0.39 is 5.97 Å². The SMILES string of the molecule is Cc1ccccc1C1(Br)C=CC(C(=O)O)=CC1. The van der Waals surface area contributed by atoms with Crippen LogP contribution in [0.15, 0.2) is 48.1 Å². The number of benzene rings is 1. The van der Waals surface area contributed by atoms with Crippen LogP contribution in [0.2, 0.25) is 0 Å². The van der Waals surface area contributed by atoms with Crippen molar-refractivity contribution in [2.75, 3.05) is 0 Å². The molecule has 17 heavy (non-hydrogen) atoms. The van der Waals surface area contributed by atoms with Gasteiger partial charge in [-0.2, -0.15) is 0 Å². The Hall–Kier alpha value is -1.35. The van der Waals surface area contributed by atoms with Crippen molar-refractivity contribution < 1.29 is 9.90 Å². The zero-order chi connectivity index (χ0) is 12.5. The van der Waals surface area contributed by atoms with Crippen LogP contribution in [0, 0.1) is 6.92 Å². The Morgan fingerprint density at radius 2 is 2.12 bits per heavy atom. The first-order valence-electron chi connectivity index (χ1n) is 5.41. The molecule has 0 saturated carbocycles. The third kappa shape index (κ3) is 2.34. The molecule has 1 aromatic rings. The quantitative estimate of drug-likeness (QED) is 0.847. The van der Waals surface area contributed by atoms with Crippen LogP contribution in [-0.4, -0.2) is 11.1 Å². The van der Waals surface area contributed by atoms with Crippen LogP contribution < -0.4 is 0 Å². The van der Waals surface area contributed by atoms with E-state index in [9.17, 15) is 4.79 Å². The van der Waals surface area contributed by atoms with Gasteiger partial charge >= 0.3 is 5.97 Å². The van der Waals surface area contributed by atoms with Gasteiger partial charge in [0.15, 0.2) is 0 Å². The van der Waals surface area contributed by atoms with Crippen LogP contribution >= 0.6 is 15.9 Å². The van der Waals surface area contributed by atoms with Crippen LogP contribution in [0.4, 0.5) is 0 Å². The molecule has 2 nitrogen and oxygen atoms in total. The fraction of sp³-hybridized carbons (Fsp3) is 0.214. The van der Waals surface area contributed by atoms with Gasteiger partial charge in [-0.05, 0) is 24.5 Å². The number of carboxylic acids is 1. The number of aryl methyl sites for hydroxylation is 1. The summed E-state index contributed by atoms with van der Waals surface area (Å²) >= 11 is 3.71. The minimum Gasteiger partial charge on any atom is -0.478 e. The van der Waals surface area contributed by atoms with Gasteiger partial charge in [0.05, 0.1) is 9.90 Å². The molecular formula is C14H13BrO2. The summed E-state index contributed by atoms with van der Waals surface area (Å²) in [5.74, 6) is -0.874. The summed E-state index contributed by atoms with van der Waals surface area (Å²) < 4.78 is -0.280. The van der Waals surface area contributed by atoms with Crippen molar-refractivity contribution in [2.24, 2.45) is 0 Å². The molecule has 0 fully saturated rings. The zero-order valence-corrected chi connectivity index (χ0v) is 11.1. The second-order valence-corrected chi connectivity index (χ2v) is 5.59. The third-order valence-electron chi connectivity index (χ3n) is 2.99. The Morgan fingerprint density at radius 1 is 1.41 bits per heavy atom. The van der Waals surface area contributed by atoms with Crippen molar-refractivity contribution in [1.29, 1.82) is 0 Å². The second kappa shape index (κ2) is 4.49. The van der Waals surface area contributed by atoms with Gasteiger partial charge in [-0.3, -0.25) is 0 Å². The second-order valence-electron chi connectivity index (χ2n) is 4.18. The summed E-state index contributed by atoms with van der Waals surface area (Å²) in [7, 11) is 0. The van der Waals surface area contributed by atoms with E-state index in [0.717, 1.165) is 0 Å². The van der Waals surface area contributed by atoms with Crippen molar-refractivity contribution in [3.05, 3.63) is 59.2 Å². The predicted octanol–water partition coefficient (Wildman–Crippen LogP) is 3.56. The Bertz CT molecular complexity index is 517. The van der Waals surface area contributed by atoms with E-state index in [4.69, 9.17) is 5.11 Å². The van der Waals surface area contributed by atoms with Crippen LogP contribution in [0.5, 0.6) is 0 Å². The molecule has 1 N–H and O–H groups in total. The molecule has 88 valence electrons. The highest BCUT2D eigenvalue weighted by molar-refractivity contribution is 9.09. The standard InChI is InChI=1S/C14H13BrO2/c1-10-4-2-3-5-12(10)14(15)8-6-11(7-9-14)13(16)17/h2-8H,9H2,1H3,(H,16,17). The number of halogens is 1. The van der Waals surface area contributed by atoms with Gasteiger partial charge in [-0.25, -0.2) is 4.79 Å². The number of carbonyl (C=O) groups is 1. The molecule has 1 unspecified atom stereocenters. The molecule has 0 bridgehead atoms. The van der Waals surface area contributed by atoms with E-state index in [1.165, 1.54) is 11.1 Å². The minimum absolute atomic E-state index is 0.280. The highest BCUT2D eigenvalue weighted by atomic mass is 79.9. The summed E-state index contributed by atoms with van der Waals surface area (Å²) in [5.41, 5.74) is 2.73. The number of alkyl halides is 1. The van der Waals surface area contributed by atoms with Gasteiger partial charge in [-0.15, -0.1) is 0 Å². The number of hydrogen-bond acceptors (Lipinski definition) is 1. The van der Waals surface area contributed by atoms with Crippen molar-refractivity contribution in [3.63, 3.8) is 0 Å². The van der Waals surface area contributed by atoms with Crippen molar-refractivity contribution in [3.8, 4) is 0 Å². The number of hydrogen-bond donors (Lipinski definition) is 1. The van der Waals surface area contributed by atoms with E-state index in [1.807, 2.05) is 18.2 Å². The summed E-state index contributed by atoms with van der Waals surface area (Å²) in [6, 6.07) is 8.12. The molecule has 1 aromatic carbocycles. The first-order valence-corrected chi connectivity index (χ1v) is 6.20. The average molecular weight is 293 g/mol. The van der Waals surface area contributed by atoms with Crippen LogP contribution in [0.25, 0.3) is 0 Å². The molecule has 1 aliphatic carbocycles. The lowest BCUT2D eigenvalue weighted by atomic mass is 9.87. The Labute approximate surface area is 109 Å². The number of rotatable bonds is 2. The summed E-state index contributed by atoms with van der Waals surface area (Å²) in [5, 5.41) is 8.90. The molecule has 1 aliphatic rings. The van der Waals surface area contributed by atoms with E-state index in [0.29, 0.717) is 12.0 Å². The first-order chi connectivity index (χ1) is 8.03. The molecule has 0 aliphatic heterocycles. The molecule has 3 heteroatoms. The van der Waals surface area contributed by atoms with Gasteiger partial charge in [-0.1, -0.05) is 58.4 Å². The zero-order valence-electron chi connectivity index (χ0n) is 9.48. The molecule has 0 amide bonds. The topological polar surface area (TPSA) is 37.3 Å². The molecule has 2 rings (SSSR count). The molecule has 0 radical (unpaired) electrons. The van der Waals surface area contributed by atoms with Crippen molar-refractivity contribution >= 4 is 21.9 Å². The Morgan fingerprint density at radius 3 is 2.65 bits per heavy atom. The van der Waals surface area contributed by atoms with E-state index in [2.05, 4.69) is 35.0 Å². The third-order valence-corrected chi connectivity index (χ3v) is 4.00. The smallest absolute Gasteiger partial charge is 0.335 e. The number of aliphatic carboxylic acids is 1. The maximum absolute atomic E-state index is 10.8. The summed E-state index contributed by atoms with van der Waals surface area (Å²) in [6.45, 7) is 2.06. The van der Waals surface area contributed by atoms with Gasteiger partial charge in [0.2, 0.25) is 0 Å². The van der Waals surface area contributed by atoms with Crippen LogP contribution in [0.3, 0.4) is 0 Å². The summed E-state index contributed by atoms with van der Waals surface area (Å²) in [6.07, 6.45) is 5.98. The molecule has 0 aromatic heterocycles. The Balaban J connectivity index is 2.34. The molecule has 0 spiro atoms. The van der Waals surface area contributed by atoms with Gasteiger partial charge in [0.1, 0.15) is 0 Å². The highest BCUT2D eigenvalue weighted by Gasteiger charge is 2.29. The molecular weight excluding hydrogens is 280 g/mol. The van der Waals surface area contributed by atoms with E-state index in [1.54, 1.807) is 12.2 Å². The van der Waals surface area contributed by atoms with Gasteiger partial charge in [0, 0.05) is 0 Å².